The zero-order chi connectivity index (χ0) is 24.6. The quantitative estimate of drug-likeness (QED) is 0.271. The van der Waals surface area contributed by atoms with Gasteiger partial charge in [0.1, 0.15) is 17.5 Å². The van der Waals surface area contributed by atoms with Crippen molar-refractivity contribution in [2.75, 3.05) is 0 Å². The van der Waals surface area contributed by atoms with Crippen LogP contribution < -0.4 is 50.6 Å². The number of β-lactam (4-membered cyclic amide) rings is 1. The number of urea groups is 1. The number of carbonyl (C=O) groups is 5. The standard InChI is InChI=1S/C22H22N4O7S.Na/c1-22(2)15(20(30)31)26-18(29)14(19(26)34-22)23-17(28)13(11-7-4-3-5-8-11)24-21(32)25-16(27)12-9-6-10-33-12;/h3-10,13-15,19H,1-2H3,(H,23,28)(H,30,31)(H2,24,25,27,32);/q;+1/p-1/t13-,14-,15+,19-;/m1./s1. The first kappa shape index (κ1) is 26.8. The van der Waals surface area contributed by atoms with Crippen LogP contribution >= 0.6 is 11.8 Å². The summed E-state index contributed by atoms with van der Waals surface area (Å²) < 4.78 is 4.14. The molecule has 2 saturated heterocycles. The van der Waals surface area contributed by atoms with E-state index in [1.165, 1.54) is 35.1 Å². The first-order valence-electron chi connectivity index (χ1n) is 10.3. The molecule has 0 bridgehead atoms. The van der Waals surface area contributed by atoms with Crippen molar-refractivity contribution in [1.82, 2.24) is 20.9 Å². The van der Waals surface area contributed by atoms with Crippen molar-refractivity contribution in [3.05, 3.63) is 60.1 Å². The number of benzene rings is 1. The first-order valence-corrected chi connectivity index (χ1v) is 11.2. The van der Waals surface area contributed by atoms with Gasteiger partial charge in [-0.15, -0.1) is 11.8 Å². The molecule has 13 heteroatoms. The Morgan fingerprint density at radius 3 is 2.40 bits per heavy atom. The van der Waals surface area contributed by atoms with Crippen molar-refractivity contribution < 1.29 is 63.1 Å². The van der Waals surface area contributed by atoms with E-state index >= 15 is 0 Å². The van der Waals surface area contributed by atoms with Crippen molar-refractivity contribution in [1.29, 1.82) is 0 Å². The maximum absolute atomic E-state index is 13.1. The molecule has 0 saturated carbocycles. The molecular weight excluding hydrogens is 487 g/mol. The second-order valence-corrected chi connectivity index (χ2v) is 10.1. The Morgan fingerprint density at radius 2 is 1.80 bits per heavy atom. The number of aliphatic carboxylic acids is 1. The summed E-state index contributed by atoms with van der Waals surface area (Å²) in [6.45, 7) is 3.38. The Labute approximate surface area is 226 Å². The number of hydrogen-bond acceptors (Lipinski definition) is 8. The maximum atomic E-state index is 13.1. The summed E-state index contributed by atoms with van der Waals surface area (Å²) in [6, 6.07) is 6.86. The minimum absolute atomic E-state index is 0. The Kier molecular flexibility index (Phi) is 8.00. The molecule has 4 rings (SSSR count). The SMILES string of the molecule is CC1(C)S[C@@H]2[C@H](NC(=O)[C@H](NC(=O)NC(=O)c3ccco3)c3ccccc3)C(=O)N2[C@H]1C(=O)[O-].[Na+]. The molecule has 2 aliphatic rings. The zero-order valence-electron chi connectivity index (χ0n) is 19.1. The number of carboxylic acids is 1. The van der Waals surface area contributed by atoms with Crippen LogP contribution in [0.15, 0.2) is 53.1 Å². The summed E-state index contributed by atoms with van der Waals surface area (Å²) >= 11 is 1.25. The Morgan fingerprint density at radius 1 is 1.11 bits per heavy atom. The average Bonchev–Trinajstić information content (AvgIpc) is 3.41. The smallest absolute Gasteiger partial charge is 0.548 e. The van der Waals surface area contributed by atoms with Gasteiger partial charge >= 0.3 is 35.6 Å². The van der Waals surface area contributed by atoms with Gasteiger partial charge in [-0.3, -0.25) is 19.7 Å². The molecule has 2 aromatic rings. The fourth-order valence-corrected chi connectivity index (χ4v) is 5.67. The molecule has 5 amide bonds. The summed E-state index contributed by atoms with van der Waals surface area (Å²) in [5.74, 6) is -3.48. The summed E-state index contributed by atoms with van der Waals surface area (Å²) in [5, 5.41) is 18.1. The molecule has 4 atom stereocenters. The molecule has 3 N–H and O–H groups in total. The molecule has 0 aliphatic carbocycles. The van der Waals surface area contributed by atoms with Gasteiger partial charge in [0.15, 0.2) is 5.76 Å². The molecular formula is C22H21N4NaO7S. The van der Waals surface area contributed by atoms with Gasteiger partial charge in [0.2, 0.25) is 11.8 Å². The minimum Gasteiger partial charge on any atom is -0.548 e. The van der Waals surface area contributed by atoms with Crippen molar-refractivity contribution in [3.8, 4) is 0 Å². The van der Waals surface area contributed by atoms with Crippen LogP contribution in [0.1, 0.15) is 36.0 Å². The van der Waals surface area contributed by atoms with E-state index in [0.717, 1.165) is 0 Å². The monoisotopic (exact) mass is 508 g/mol. The number of carbonyl (C=O) groups excluding carboxylic acids is 5. The average molecular weight is 508 g/mol. The molecule has 2 aliphatic heterocycles. The number of thioether (sulfide) groups is 1. The van der Waals surface area contributed by atoms with Crippen LogP contribution in [0.25, 0.3) is 0 Å². The third kappa shape index (κ3) is 5.25. The number of fused-ring (bicyclic) bond motifs is 1. The van der Waals surface area contributed by atoms with Crippen molar-refractivity contribution in [3.63, 3.8) is 0 Å². The number of imide groups is 1. The van der Waals surface area contributed by atoms with Gasteiger partial charge in [0, 0.05) is 4.75 Å². The third-order valence-electron chi connectivity index (χ3n) is 5.60. The van der Waals surface area contributed by atoms with Crippen molar-refractivity contribution in [2.45, 2.75) is 42.1 Å². The van der Waals surface area contributed by atoms with Gasteiger partial charge in [-0.25, -0.2) is 4.79 Å². The van der Waals surface area contributed by atoms with E-state index in [-0.39, 0.29) is 35.3 Å². The molecule has 2 fully saturated rings. The van der Waals surface area contributed by atoms with Crippen molar-refractivity contribution >= 4 is 41.5 Å². The summed E-state index contributed by atoms with van der Waals surface area (Å²) in [5.41, 5.74) is 0.413. The predicted molar refractivity (Wildman–Crippen MR) is 117 cm³/mol. The number of carboxylic acid groups (broad SMARTS) is 1. The fourth-order valence-electron chi connectivity index (χ4n) is 4.05. The summed E-state index contributed by atoms with van der Waals surface area (Å²) in [7, 11) is 0. The largest absolute Gasteiger partial charge is 1.00 e. The summed E-state index contributed by atoms with van der Waals surface area (Å²) in [4.78, 5) is 63.1. The van der Waals surface area contributed by atoms with Crippen LogP contribution in [0.5, 0.6) is 0 Å². The molecule has 11 nitrogen and oxygen atoms in total. The second-order valence-electron chi connectivity index (χ2n) is 8.31. The molecule has 0 radical (unpaired) electrons. The van der Waals surface area contributed by atoms with E-state index in [0.29, 0.717) is 5.56 Å². The topological polar surface area (TPSA) is 161 Å². The zero-order valence-corrected chi connectivity index (χ0v) is 22.0. The first-order chi connectivity index (χ1) is 16.1. The fraction of sp³-hybridized carbons (Fsp3) is 0.318. The van der Waals surface area contributed by atoms with E-state index in [2.05, 4.69) is 16.0 Å². The molecule has 35 heavy (non-hydrogen) atoms. The van der Waals surface area contributed by atoms with E-state index in [1.807, 2.05) is 0 Å². The molecule has 3 heterocycles. The normalized spacial score (nSPS) is 22.6. The van der Waals surface area contributed by atoms with Gasteiger partial charge in [-0.2, -0.15) is 0 Å². The van der Waals surface area contributed by atoms with Crippen molar-refractivity contribution in [2.24, 2.45) is 0 Å². The van der Waals surface area contributed by atoms with Crippen LogP contribution in [-0.4, -0.2) is 56.8 Å². The summed E-state index contributed by atoms with van der Waals surface area (Å²) in [6.07, 6.45) is 1.28. The maximum Gasteiger partial charge on any atom is 1.00 e. The van der Waals surface area contributed by atoms with E-state index in [1.54, 1.807) is 44.2 Å². The van der Waals surface area contributed by atoms with Crippen LogP contribution in [-0.2, 0) is 14.4 Å². The van der Waals surface area contributed by atoms with Gasteiger partial charge in [-0.1, -0.05) is 30.3 Å². The van der Waals surface area contributed by atoms with Crippen LogP contribution in [0.2, 0.25) is 0 Å². The Bertz CT molecular complexity index is 1140. The number of nitrogens with one attached hydrogen (secondary N) is 3. The minimum atomic E-state index is -1.36. The molecule has 1 aromatic heterocycles. The molecule has 0 unspecified atom stereocenters. The number of furan rings is 1. The van der Waals surface area contributed by atoms with Crippen LogP contribution in [0.3, 0.4) is 0 Å². The number of nitrogens with zero attached hydrogens (tertiary/aromatic N) is 1. The van der Waals surface area contributed by atoms with E-state index < -0.39 is 58.0 Å². The Hall–Kier alpha value is -2.80. The molecule has 178 valence electrons. The van der Waals surface area contributed by atoms with Gasteiger partial charge in [-0.05, 0) is 31.5 Å². The van der Waals surface area contributed by atoms with Gasteiger partial charge in [0.05, 0.1) is 18.3 Å². The van der Waals surface area contributed by atoms with Gasteiger partial charge < -0.3 is 29.9 Å². The van der Waals surface area contributed by atoms with Crippen LogP contribution in [0, 0.1) is 0 Å². The Balaban J connectivity index is 0.00000342. The number of rotatable bonds is 6. The molecule has 0 spiro atoms. The third-order valence-corrected chi connectivity index (χ3v) is 7.18. The van der Waals surface area contributed by atoms with E-state index in [4.69, 9.17) is 4.42 Å². The second kappa shape index (κ2) is 10.4. The van der Waals surface area contributed by atoms with E-state index in [9.17, 15) is 29.1 Å². The van der Waals surface area contributed by atoms with Crippen LogP contribution in [0.4, 0.5) is 4.79 Å². The number of hydrogen-bond donors (Lipinski definition) is 3. The van der Waals surface area contributed by atoms with Gasteiger partial charge in [0.25, 0.3) is 5.91 Å². The molecule has 1 aromatic carbocycles. The number of amides is 5. The predicted octanol–water partition coefficient (Wildman–Crippen LogP) is -3.24.